The molecule has 0 saturated carbocycles. The number of aliphatic hydroxyl groups excluding tert-OH is 2. The van der Waals surface area contributed by atoms with E-state index in [9.17, 15) is 29.7 Å². The standard InChI is InChI=1S/C39H74O6/c1-4-7-9-11-13-15-17-19-21-23-25-27-29-32-35(41)38(44)39(45,37(43)34(40)31-6-3)36(42)33-30-28-26-24-22-20-18-16-14-12-10-8-5-2/h37-38,43-45H,4-33H2,1-3H3. The smallest absolute Gasteiger partial charge is 0.189 e. The normalized spacial score (nSPS) is 14.3. The summed E-state index contributed by atoms with van der Waals surface area (Å²) < 4.78 is 0. The zero-order valence-electron chi connectivity index (χ0n) is 29.9. The van der Waals surface area contributed by atoms with Crippen LogP contribution >= 0.6 is 0 Å². The first kappa shape index (κ1) is 43.9. The van der Waals surface area contributed by atoms with Gasteiger partial charge in [-0.05, 0) is 19.3 Å². The Kier molecular flexibility index (Phi) is 29.5. The van der Waals surface area contributed by atoms with Gasteiger partial charge in [0, 0.05) is 19.3 Å². The summed E-state index contributed by atoms with van der Waals surface area (Å²) in [6.45, 7) is 6.23. The molecule has 6 heteroatoms. The van der Waals surface area contributed by atoms with Crippen LogP contribution in [0.5, 0.6) is 0 Å². The van der Waals surface area contributed by atoms with Gasteiger partial charge in [-0.2, -0.15) is 0 Å². The van der Waals surface area contributed by atoms with E-state index in [0.717, 1.165) is 38.5 Å². The highest BCUT2D eigenvalue weighted by molar-refractivity contribution is 6.01. The van der Waals surface area contributed by atoms with Gasteiger partial charge in [-0.1, -0.05) is 175 Å². The van der Waals surface area contributed by atoms with Crippen molar-refractivity contribution in [2.75, 3.05) is 0 Å². The molecule has 45 heavy (non-hydrogen) atoms. The van der Waals surface area contributed by atoms with Gasteiger partial charge in [0.05, 0.1) is 0 Å². The van der Waals surface area contributed by atoms with Crippen molar-refractivity contribution in [2.45, 2.75) is 231 Å². The number of unbranched alkanes of at least 4 members (excludes halogenated alkanes) is 24. The van der Waals surface area contributed by atoms with Crippen molar-refractivity contribution in [1.82, 2.24) is 0 Å². The third-order valence-electron chi connectivity index (χ3n) is 9.42. The average Bonchev–Trinajstić information content (AvgIpc) is 3.04. The van der Waals surface area contributed by atoms with Crippen LogP contribution in [0, 0.1) is 0 Å². The van der Waals surface area contributed by atoms with Gasteiger partial charge in [0.15, 0.2) is 35.2 Å². The monoisotopic (exact) mass is 639 g/mol. The molecular formula is C39H74O6. The molecule has 3 N–H and O–H groups in total. The number of aliphatic hydroxyl groups is 3. The van der Waals surface area contributed by atoms with Gasteiger partial charge >= 0.3 is 0 Å². The van der Waals surface area contributed by atoms with E-state index < -0.39 is 35.2 Å². The molecular weight excluding hydrogens is 564 g/mol. The van der Waals surface area contributed by atoms with Crippen LogP contribution in [0.25, 0.3) is 0 Å². The second-order valence-electron chi connectivity index (χ2n) is 13.7. The van der Waals surface area contributed by atoms with Gasteiger partial charge in [0.1, 0.15) is 0 Å². The topological polar surface area (TPSA) is 112 Å². The van der Waals surface area contributed by atoms with Crippen LogP contribution in [-0.2, 0) is 14.4 Å². The molecule has 0 amide bonds. The second kappa shape index (κ2) is 30.2. The molecule has 0 aromatic heterocycles. The maximum atomic E-state index is 13.2. The van der Waals surface area contributed by atoms with Gasteiger partial charge in [-0.15, -0.1) is 0 Å². The number of hydrogen-bond donors (Lipinski definition) is 3. The molecule has 0 aliphatic rings. The highest BCUT2D eigenvalue weighted by Gasteiger charge is 2.53. The quantitative estimate of drug-likeness (QED) is 0.0596. The lowest BCUT2D eigenvalue weighted by atomic mass is 9.78. The Morgan fingerprint density at radius 2 is 0.667 bits per heavy atom. The number of carbonyl (C=O) groups excluding carboxylic acids is 3. The summed E-state index contributed by atoms with van der Waals surface area (Å²) in [4.78, 5) is 38.6. The van der Waals surface area contributed by atoms with Gasteiger partial charge in [-0.25, -0.2) is 0 Å². The Hall–Kier alpha value is -1.11. The third-order valence-corrected chi connectivity index (χ3v) is 9.42. The minimum Gasteiger partial charge on any atom is -0.382 e. The molecule has 0 aliphatic heterocycles. The first-order valence-corrected chi connectivity index (χ1v) is 19.4. The zero-order valence-corrected chi connectivity index (χ0v) is 29.9. The van der Waals surface area contributed by atoms with E-state index in [0.29, 0.717) is 19.3 Å². The first-order valence-electron chi connectivity index (χ1n) is 19.4. The van der Waals surface area contributed by atoms with Crippen molar-refractivity contribution < 1.29 is 29.7 Å². The van der Waals surface area contributed by atoms with Crippen LogP contribution in [0.1, 0.15) is 213 Å². The van der Waals surface area contributed by atoms with Gasteiger partial charge in [0.25, 0.3) is 0 Å². The van der Waals surface area contributed by atoms with Crippen LogP contribution in [0.4, 0.5) is 0 Å². The number of ketones is 3. The number of rotatable bonds is 35. The van der Waals surface area contributed by atoms with E-state index in [2.05, 4.69) is 13.8 Å². The fraction of sp³-hybridized carbons (Fsp3) is 0.923. The van der Waals surface area contributed by atoms with E-state index in [1.165, 1.54) is 116 Å². The summed E-state index contributed by atoms with van der Waals surface area (Å²) in [5, 5.41) is 32.9. The molecule has 6 nitrogen and oxygen atoms in total. The lowest BCUT2D eigenvalue weighted by Gasteiger charge is -2.34. The number of hydrogen-bond acceptors (Lipinski definition) is 6. The van der Waals surface area contributed by atoms with Crippen LogP contribution in [0.2, 0.25) is 0 Å². The summed E-state index contributed by atoms with van der Waals surface area (Å²) in [5.74, 6) is -2.21. The fourth-order valence-electron chi connectivity index (χ4n) is 6.29. The molecule has 0 fully saturated rings. The van der Waals surface area contributed by atoms with E-state index in [1.54, 1.807) is 6.92 Å². The molecule has 0 spiro atoms. The maximum Gasteiger partial charge on any atom is 0.189 e. The fourth-order valence-corrected chi connectivity index (χ4v) is 6.29. The largest absolute Gasteiger partial charge is 0.382 e. The average molecular weight is 639 g/mol. The highest BCUT2D eigenvalue weighted by Crippen LogP contribution is 2.26. The Morgan fingerprint density at radius 1 is 0.400 bits per heavy atom. The minimum absolute atomic E-state index is 0.0158. The zero-order chi connectivity index (χ0) is 33.6. The van der Waals surface area contributed by atoms with Gasteiger partial charge in [0.2, 0.25) is 0 Å². The molecule has 3 unspecified atom stereocenters. The first-order chi connectivity index (χ1) is 21.8. The number of Topliss-reactive ketones (excluding diaryl/α,β-unsaturated/α-hetero) is 3. The van der Waals surface area contributed by atoms with E-state index in [1.807, 2.05) is 0 Å². The van der Waals surface area contributed by atoms with Crippen molar-refractivity contribution in [3.05, 3.63) is 0 Å². The van der Waals surface area contributed by atoms with Crippen molar-refractivity contribution in [1.29, 1.82) is 0 Å². The Bertz CT molecular complexity index is 722. The van der Waals surface area contributed by atoms with Crippen LogP contribution in [0.3, 0.4) is 0 Å². The molecule has 0 heterocycles. The summed E-state index contributed by atoms with van der Waals surface area (Å²) in [6.07, 6.45) is 26.2. The van der Waals surface area contributed by atoms with Crippen molar-refractivity contribution in [3.63, 3.8) is 0 Å². The summed E-state index contributed by atoms with van der Waals surface area (Å²) >= 11 is 0. The van der Waals surface area contributed by atoms with Crippen LogP contribution < -0.4 is 0 Å². The minimum atomic E-state index is -2.78. The summed E-state index contributed by atoms with van der Waals surface area (Å²) in [7, 11) is 0. The van der Waals surface area contributed by atoms with E-state index >= 15 is 0 Å². The Morgan fingerprint density at radius 3 is 0.978 bits per heavy atom. The van der Waals surface area contributed by atoms with Crippen molar-refractivity contribution >= 4 is 17.3 Å². The van der Waals surface area contributed by atoms with Gasteiger partial charge < -0.3 is 15.3 Å². The molecule has 0 saturated heterocycles. The second-order valence-corrected chi connectivity index (χ2v) is 13.7. The molecule has 3 atom stereocenters. The van der Waals surface area contributed by atoms with Crippen LogP contribution in [0.15, 0.2) is 0 Å². The Balaban J connectivity index is 4.46. The third kappa shape index (κ3) is 21.4. The van der Waals surface area contributed by atoms with Crippen molar-refractivity contribution in [3.8, 4) is 0 Å². The maximum absolute atomic E-state index is 13.2. The van der Waals surface area contributed by atoms with E-state index in [4.69, 9.17) is 0 Å². The molecule has 0 radical (unpaired) electrons. The molecule has 0 bridgehead atoms. The lowest BCUT2D eigenvalue weighted by molar-refractivity contribution is -0.181. The van der Waals surface area contributed by atoms with E-state index in [-0.39, 0.29) is 19.3 Å². The van der Waals surface area contributed by atoms with Gasteiger partial charge in [-0.3, -0.25) is 14.4 Å². The molecule has 0 aromatic carbocycles. The molecule has 266 valence electrons. The molecule has 0 aliphatic carbocycles. The lowest BCUT2D eigenvalue weighted by Crippen LogP contribution is -2.63. The summed E-state index contributed by atoms with van der Waals surface area (Å²) in [5.41, 5.74) is -2.78. The number of carbonyl (C=O) groups is 3. The summed E-state index contributed by atoms with van der Waals surface area (Å²) in [6, 6.07) is 0. The molecule has 0 aromatic rings. The van der Waals surface area contributed by atoms with Crippen molar-refractivity contribution in [2.24, 2.45) is 0 Å². The molecule has 0 rings (SSSR count). The van der Waals surface area contributed by atoms with Crippen LogP contribution in [-0.4, -0.2) is 50.5 Å². The SMILES string of the molecule is CCCCCCCCCCCCCCCC(=O)C(O)C(O)(C(=O)CCCCCCCCCCCCCCC)C(O)C(=O)CCC. The predicted molar refractivity (Wildman–Crippen MR) is 188 cm³/mol. The highest BCUT2D eigenvalue weighted by atomic mass is 16.4. The predicted octanol–water partition coefficient (Wildman–Crippen LogP) is 9.91. The Labute approximate surface area is 277 Å².